The van der Waals surface area contributed by atoms with Crippen molar-refractivity contribution in [2.24, 2.45) is 0 Å². The zero-order valence-corrected chi connectivity index (χ0v) is 14.3. The van der Waals surface area contributed by atoms with E-state index in [0.29, 0.717) is 22.1 Å². The number of fused-ring (bicyclic) bond motifs is 1. The van der Waals surface area contributed by atoms with Gasteiger partial charge in [0.25, 0.3) is 0 Å². The second kappa shape index (κ2) is 6.39. The van der Waals surface area contributed by atoms with Crippen LogP contribution in [0, 0.1) is 6.92 Å². The van der Waals surface area contributed by atoms with Crippen LogP contribution < -0.4 is 0 Å². The Morgan fingerprint density at radius 1 is 1.33 bits per heavy atom. The lowest BCUT2D eigenvalue weighted by Gasteiger charge is -2.13. The molecule has 6 nitrogen and oxygen atoms in total. The maximum Gasteiger partial charge on any atom is 0.339 e. The molecule has 124 valence electrons. The third-order valence-electron chi connectivity index (χ3n) is 3.59. The summed E-state index contributed by atoms with van der Waals surface area (Å²) in [6, 6.07) is 8.96. The van der Waals surface area contributed by atoms with E-state index in [1.54, 1.807) is 25.1 Å². The third kappa shape index (κ3) is 2.84. The normalized spacial score (nSPS) is 12.4. The molecule has 2 heterocycles. The van der Waals surface area contributed by atoms with Gasteiger partial charge in [0.15, 0.2) is 11.8 Å². The monoisotopic (exact) mass is 365 g/mol. The molecule has 24 heavy (non-hydrogen) atoms. The molecule has 1 N–H and O–H groups in total. The number of aliphatic hydroxyl groups excluding tert-OH is 1. The van der Waals surface area contributed by atoms with E-state index < -0.39 is 12.1 Å². The van der Waals surface area contributed by atoms with Crippen molar-refractivity contribution >= 4 is 34.8 Å². The number of hydrogen-bond donors (Lipinski definition) is 1. The van der Waals surface area contributed by atoms with Gasteiger partial charge in [-0.2, -0.15) is 5.10 Å². The molecular weight excluding hydrogens is 353 g/mol. The topological polar surface area (TPSA) is 76.7 Å². The first-order chi connectivity index (χ1) is 11.4. The molecule has 0 saturated heterocycles. The van der Waals surface area contributed by atoms with Crippen molar-refractivity contribution in [2.45, 2.75) is 13.0 Å². The summed E-state index contributed by atoms with van der Waals surface area (Å²) < 4.78 is 5.92. The number of nitrogens with zero attached hydrogens (tertiary/aromatic N) is 3. The zero-order valence-electron chi connectivity index (χ0n) is 12.8. The molecule has 0 radical (unpaired) electrons. The molecule has 0 saturated carbocycles. The van der Waals surface area contributed by atoms with Crippen molar-refractivity contribution < 1.29 is 14.6 Å². The SMILES string of the molecule is COC(=O)C(O)c1c(C)nc2cc(-c3cccc(Cl)c3)nn2c1Cl. The van der Waals surface area contributed by atoms with Crippen LogP contribution in [-0.4, -0.2) is 32.8 Å². The summed E-state index contributed by atoms with van der Waals surface area (Å²) in [4.78, 5) is 16.0. The molecule has 0 amide bonds. The fraction of sp³-hybridized carbons (Fsp3) is 0.188. The maximum atomic E-state index is 11.6. The number of esters is 1. The van der Waals surface area contributed by atoms with Gasteiger partial charge < -0.3 is 9.84 Å². The standard InChI is InChI=1S/C16H13Cl2N3O3/c1-8-13(14(22)16(23)24-2)15(18)21-12(19-8)7-11(20-21)9-4-3-5-10(17)6-9/h3-7,14,22H,1-2H3. The molecule has 0 spiro atoms. The van der Waals surface area contributed by atoms with Crippen molar-refractivity contribution in [3.05, 3.63) is 51.8 Å². The molecule has 2 aromatic heterocycles. The first-order valence-electron chi connectivity index (χ1n) is 7.00. The summed E-state index contributed by atoms with van der Waals surface area (Å²) in [6.07, 6.45) is -1.53. The molecule has 3 aromatic rings. The van der Waals surface area contributed by atoms with Crippen LogP contribution in [0.15, 0.2) is 30.3 Å². The number of rotatable bonds is 3. The number of aliphatic hydroxyl groups is 1. The number of halogens is 2. The van der Waals surface area contributed by atoms with Crippen LogP contribution in [0.3, 0.4) is 0 Å². The Bertz CT molecular complexity index is 940. The van der Waals surface area contributed by atoms with Gasteiger partial charge in [-0.05, 0) is 19.1 Å². The van der Waals surface area contributed by atoms with E-state index in [0.717, 1.165) is 5.56 Å². The van der Waals surface area contributed by atoms with Crippen LogP contribution in [0.1, 0.15) is 17.4 Å². The molecule has 0 fully saturated rings. The Morgan fingerprint density at radius 2 is 2.08 bits per heavy atom. The number of carbonyl (C=O) groups is 1. The van der Waals surface area contributed by atoms with Crippen molar-refractivity contribution in [1.82, 2.24) is 14.6 Å². The highest BCUT2D eigenvalue weighted by atomic mass is 35.5. The second-order valence-electron chi connectivity index (χ2n) is 5.14. The first-order valence-corrected chi connectivity index (χ1v) is 7.75. The highest BCUT2D eigenvalue weighted by molar-refractivity contribution is 6.31. The predicted molar refractivity (Wildman–Crippen MR) is 90.2 cm³/mol. The van der Waals surface area contributed by atoms with Crippen LogP contribution in [-0.2, 0) is 9.53 Å². The highest BCUT2D eigenvalue weighted by Gasteiger charge is 2.26. The quantitative estimate of drug-likeness (QED) is 0.569. The number of ether oxygens (including phenoxy) is 1. The fourth-order valence-corrected chi connectivity index (χ4v) is 2.97. The van der Waals surface area contributed by atoms with Gasteiger partial charge in [0.05, 0.1) is 18.4 Å². The van der Waals surface area contributed by atoms with E-state index in [1.165, 1.54) is 11.6 Å². The lowest BCUT2D eigenvalue weighted by Crippen LogP contribution is -2.17. The minimum atomic E-state index is -1.53. The summed E-state index contributed by atoms with van der Waals surface area (Å²) in [5, 5.41) is 15.2. The average molecular weight is 366 g/mol. The van der Waals surface area contributed by atoms with Gasteiger partial charge in [0.1, 0.15) is 5.15 Å². The van der Waals surface area contributed by atoms with E-state index in [9.17, 15) is 9.90 Å². The van der Waals surface area contributed by atoms with Crippen molar-refractivity contribution in [3.63, 3.8) is 0 Å². The van der Waals surface area contributed by atoms with Gasteiger partial charge in [-0.15, -0.1) is 0 Å². The van der Waals surface area contributed by atoms with Gasteiger partial charge in [0.2, 0.25) is 0 Å². The molecule has 0 bridgehead atoms. The number of aromatic nitrogens is 3. The van der Waals surface area contributed by atoms with Crippen LogP contribution >= 0.6 is 23.2 Å². The molecule has 1 aromatic carbocycles. The van der Waals surface area contributed by atoms with Crippen LogP contribution in [0.4, 0.5) is 0 Å². The zero-order chi connectivity index (χ0) is 17.4. The van der Waals surface area contributed by atoms with Crippen LogP contribution in [0.25, 0.3) is 16.9 Å². The van der Waals surface area contributed by atoms with Crippen molar-refractivity contribution in [2.75, 3.05) is 7.11 Å². The summed E-state index contributed by atoms with van der Waals surface area (Å²) in [5.74, 6) is -0.816. The van der Waals surface area contributed by atoms with Gasteiger partial charge in [-0.3, -0.25) is 0 Å². The van der Waals surface area contributed by atoms with E-state index >= 15 is 0 Å². The van der Waals surface area contributed by atoms with Crippen LogP contribution in [0.5, 0.6) is 0 Å². The summed E-state index contributed by atoms with van der Waals surface area (Å²) in [6.45, 7) is 1.65. The van der Waals surface area contributed by atoms with E-state index in [4.69, 9.17) is 23.2 Å². The third-order valence-corrected chi connectivity index (χ3v) is 4.19. The molecule has 0 aliphatic heterocycles. The van der Waals surface area contributed by atoms with Gasteiger partial charge in [0, 0.05) is 22.3 Å². The lowest BCUT2D eigenvalue weighted by molar-refractivity contribution is -0.150. The lowest BCUT2D eigenvalue weighted by atomic mass is 10.1. The number of hydrogen-bond acceptors (Lipinski definition) is 5. The highest BCUT2D eigenvalue weighted by Crippen LogP contribution is 2.29. The summed E-state index contributed by atoms with van der Waals surface area (Å²) >= 11 is 12.3. The van der Waals surface area contributed by atoms with Gasteiger partial charge >= 0.3 is 5.97 Å². The Balaban J connectivity index is 2.17. The summed E-state index contributed by atoms with van der Waals surface area (Å²) in [5.41, 5.74) is 2.50. The van der Waals surface area contributed by atoms with Gasteiger partial charge in [-0.25, -0.2) is 14.3 Å². The summed E-state index contributed by atoms with van der Waals surface area (Å²) in [7, 11) is 1.19. The van der Waals surface area contributed by atoms with Crippen molar-refractivity contribution in [3.8, 4) is 11.3 Å². The molecule has 1 unspecified atom stereocenters. The largest absolute Gasteiger partial charge is 0.467 e. The molecule has 1 atom stereocenters. The average Bonchev–Trinajstić information content (AvgIpc) is 2.98. The van der Waals surface area contributed by atoms with Crippen LogP contribution in [0.2, 0.25) is 10.2 Å². The fourth-order valence-electron chi connectivity index (χ4n) is 2.42. The molecule has 0 aliphatic rings. The number of aryl methyl sites for hydroxylation is 1. The molecular formula is C16H13Cl2N3O3. The van der Waals surface area contributed by atoms with Crippen molar-refractivity contribution in [1.29, 1.82) is 0 Å². The second-order valence-corrected chi connectivity index (χ2v) is 5.93. The Kier molecular flexibility index (Phi) is 4.45. The number of methoxy groups -OCH3 is 1. The smallest absolute Gasteiger partial charge is 0.339 e. The Hall–Kier alpha value is -2.15. The van der Waals surface area contributed by atoms with E-state index in [1.807, 2.05) is 12.1 Å². The molecule has 0 aliphatic carbocycles. The minimum absolute atomic E-state index is 0.101. The predicted octanol–water partition coefficient (Wildman–Crippen LogP) is 3.22. The Morgan fingerprint density at radius 3 is 2.75 bits per heavy atom. The minimum Gasteiger partial charge on any atom is -0.467 e. The number of benzene rings is 1. The number of carbonyl (C=O) groups excluding carboxylic acids is 1. The molecule has 8 heteroatoms. The Labute approximate surface area is 147 Å². The van der Waals surface area contributed by atoms with E-state index in [-0.39, 0.29) is 10.7 Å². The van der Waals surface area contributed by atoms with E-state index in [2.05, 4.69) is 14.8 Å². The first kappa shape index (κ1) is 16.7. The molecule has 3 rings (SSSR count). The maximum absolute atomic E-state index is 11.6. The van der Waals surface area contributed by atoms with Gasteiger partial charge in [-0.1, -0.05) is 35.3 Å².